The molecule has 1 atom stereocenters. The van der Waals surface area contributed by atoms with Crippen molar-refractivity contribution in [3.05, 3.63) is 60.2 Å². The molecule has 1 aromatic carbocycles. The molecule has 0 bridgehead atoms. The van der Waals surface area contributed by atoms with Crippen molar-refractivity contribution in [2.24, 2.45) is 5.92 Å². The number of rotatable bonds is 6. The van der Waals surface area contributed by atoms with Crippen LogP contribution in [0.25, 0.3) is 11.4 Å². The molecule has 4 rings (SSSR count). The molecule has 142 valence electrons. The van der Waals surface area contributed by atoms with Gasteiger partial charge in [0.25, 0.3) is 5.89 Å². The van der Waals surface area contributed by atoms with E-state index in [-0.39, 0.29) is 17.7 Å². The van der Waals surface area contributed by atoms with Gasteiger partial charge in [-0.1, -0.05) is 5.16 Å². The van der Waals surface area contributed by atoms with Gasteiger partial charge in [-0.2, -0.15) is 4.98 Å². The van der Waals surface area contributed by atoms with Gasteiger partial charge in [-0.25, -0.2) is 4.79 Å². The first-order valence-corrected chi connectivity index (χ1v) is 8.96. The zero-order valence-corrected chi connectivity index (χ0v) is 15.2. The summed E-state index contributed by atoms with van der Waals surface area (Å²) in [5, 5.41) is 6.71. The lowest BCUT2D eigenvalue weighted by Crippen LogP contribution is -2.13. The van der Waals surface area contributed by atoms with Gasteiger partial charge >= 0.3 is 5.97 Å². The van der Waals surface area contributed by atoms with Crippen molar-refractivity contribution in [1.29, 1.82) is 0 Å². The Morgan fingerprint density at radius 2 is 2.00 bits per heavy atom. The van der Waals surface area contributed by atoms with Crippen molar-refractivity contribution in [3.8, 4) is 11.4 Å². The van der Waals surface area contributed by atoms with Gasteiger partial charge in [0, 0.05) is 29.6 Å². The molecule has 0 radical (unpaired) electrons. The first-order valence-electron chi connectivity index (χ1n) is 8.96. The lowest BCUT2D eigenvalue weighted by Gasteiger charge is -2.10. The van der Waals surface area contributed by atoms with Gasteiger partial charge in [0.1, 0.15) is 0 Å². The van der Waals surface area contributed by atoms with Crippen LogP contribution in [0.1, 0.15) is 42.1 Å². The summed E-state index contributed by atoms with van der Waals surface area (Å²) in [5.41, 5.74) is 1.72. The summed E-state index contributed by atoms with van der Waals surface area (Å²) in [6.45, 7) is 1.66. The van der Waals surface area contributed by atoms with Crippen molar-refractivity contribution in [2.45, 2.75) is 25.9 Å². The Balaban J connectivity index is 1.37. The number of hydrogen-bond acceptors (Lipinski definition) is 7. The van der Waals surface area contributed by atoms with Crippen molar-refractivity contribution in [3.63, 3.8) is 0 Å². The van der Waals surface area contributed by atoms with E-state index in [1.807, 2.05) is 6.07 Å². The summed E-state index contributed by atoms with van der Waals surface area (Å²) < 4.78 is 10.6. The minimum atomic E-state index is -0.709. The Bertz CT molecular complexity index is 981. The van der Waals surface area contributed by atoms with E-state index in [4.69, 9.17) is 9.26 Å². The molecule has 0 spiro atoms. The molecular weight excluding hydrogens is 360 g/mol. The zero-order valence-electron chi connectivity index (χ0n) is 15.2. The van der Waals surface area contributed by atoms with Gasteiger partial charge in [0.2, 0.25) is 11.7 Å². The van der Waals surface area contributed by atoms with Crippen LogP contribution in [-0.4, -0.2) is 27.0 Å². The molecular formula is C20H18N4O4. The van der Waals surface area contributed by atoms with Crippen molar-refractivity contribution >= 4 is 17.6 Å². The van der Waals surface area contributed by atoms with Gasteiger partial charge in [-0.3, -0.25) is 9.78 Å². The van der Waals surface area contributed by atoms with Gasteiger partial charge in [-0.15, -0.1) is 0 Å². The van der Waals surface area contributed by atoms with Gasteiger partial charge in [-0.05, 0) is 56.2 Å². The Labute approximate surface area is 160 Å². The summed E-state index contributed by atoms with van der Waals surface area (Å²) >= 11 is 0. The van der Waals surface area contributed by atoms with E-state index in [0.717, 1.165) is 12.8 Å². The topological polar surface area (TPSA) is 107 Å². The number of amides is 1. The largest absolute Gasteiger partial charge is 0.449 e. The summed E-state index contributed by atoms with van der Waals surface area (Å²) in [4.78, 5) is 32.4. The number of pyridine rings is 1. The minimum Gasteiger partial charge on any atom is -0.449 e. The number of nitrogens with zero attached hydrogens (tertiary/aromatic N) is 3. The number of hydrogen-bond donors (Lipinski definition) is 1. The monoisotopic (exact) mass is 378 g/mol. The van der Waals surface area contributed by atoms with Crippen molar-refractivity contribution in [1.82, 2.24) is 15.1 Å². The fraction of sp³-hybridized carbons (Fsp3) is 0.250. The van der Waals surface area contributed by atoms with Crippen LogP contribution in [0.2, 0.25) is 0 Å². The highest BCUT2D eigenvalue weighted by Crippen LogP contribution is 2.30. The minimum absolute atomic E-state index is 0.0183. The summed E-state index contributed by atoms with van der Waals surface area (Å²) in [6.07, 6.45) is 4.44. The summed E-state index contributed by atoms with van der Waals surface area (Å²) in [7, 11) is 0. The Kier molecular flexibility index (Phi) is 4.84. The third kappa shape index (κ3) is 4.06. The average molecular weight is 378 g/mol. The first-order chi connectivity index (χ1) is 13.6. The average Bonchev–Trinajstić information content (AvgIpc) is 3.45. The number of esters is 1. The van der Waals surface area contributed by atoms with Crippen LogP contribution in [0.5, 0.6) is 0 Å². The predicted molar refractivity (Wildman–Crippen MR) is 99.2 cm³/mol. The van der Waals surface area contributed by atoms with E-state index in [0.29, 0.717) is 22.6 Å². The second-order valence-corrected chi connectivity index (χ2v) is 6.59. The van der Waals surface area contributed by atoms with E-state index < -0.39 is 12.1 Å². The third-order valence-corrected chi connectivity index (χ3v) is 4.33. The number of carbonyl (C=O) groups excluding carboxylic acids is 2. The Hall–Kier alpha value is -3.55. The van der Waals surface area contributed by atoms with Crippen molar-refractivity contribution < 1.29 is 18.8 Å². The van der Waals surface area contributed by atoms with Gasteiger partial charge in [0.15, 0.2) is 6.10 Å². The van der Waals surface area contributed by atoms with Gasteiger partial charge in [0.05, 0.1) is 5.56 Å². The molecule has 2 aromatic heterocycles. The van der Waals surface area contributed by atoms with Crippen LogP contribution in [0.3, 0.4) is 0 Å². The fourth-order valence-electron chi connectivity index (χ4n) is 2.57. The molecule has 0 aliphatic heterocycles. The second kappa shape index (κ2) is 7.59. The number of ether oxygens (including phenoxy) is 1. The third-order valence-electron chi connectivity index (χ3n) is 4.33. The Morgan fingerprint density at radius 1 is 1.21 bits per heavy atom. The van der Waals surface area contributed by atoms with Crippen LogP contribution in [0, 0.1) is 5.92 Å². The maximum Gasteiger partial charge on any atom is 0.338 e. The highest BCUT2D eigenvalue weighted by Gasteiger charge is 2.29. The Morgan fingerprint density at radius 3 is 2.68 bits per heavy atom. The lowest BCUT2D eigenvalue weighted by atomic mass is 10.2. The predicted octanol–water partition coefficient (Wildman–Crippen LogP) is 3.40. The molecule has 1 fully saturated rings. The maximum absolute atomic E-state index is 12.3. The highest BCUT2D eigenvalue weighted by atomic mass is 16.6. The summed E-state index contributed by atoms with van der Waals surface area (Å²) in [6, 6.07) is 10.1. The molecule has 1 aliphatic rings. The first kappa shape index (κ1) is 17.8. The molecule has 8 heteroatoms. The molecule has 3 aromatic rings. The maximum atomic E-state index is 12.3. The fourth-order valence-corrected chi connectivity index (χ4v) is 2.57. The van der Waals surface area contributed by atoms with Crippen LogP contribution >= 0.6 is 0 Å². The lowest BCUT2D eigenvalue weighted by molar-refractivity contribution is -0.117. The smallest absolute Gasteiger partial charge is 0.338 e. The van der Waals surface area contributed by atoms with E-state index in [2.05, 4.69) is 20.4 Å². The standard InChI is InChI=1S/C20H18N4O4/c1-12(19-23-17(24-28-19)15-3-2-10-21-11-15)27-20(26)14-6-8-16(9-7-14)22-18(25)13-4-5-13/h2-3,6-13H,4-5H2,1H3,(H,22,25). The van der Waals surface area contributed by atoms with E-state index >= 15 is 0 Å². The number of aromatic nitrogens is 3. The summed E-state index contributed by atoms with van der Waals surface area (Å²) in [5.74, 6) is 0.192. The molecule has 1 unspecified atom stereocenters. The van der Waals surface area contributed by atoms with E-state index in [1.54, 1.807) is 49.6 Å². The number of nitrogens with one attached hydrogen (secondary N) is 1. The molecule has 8 nitrogen and oxygen atoms in total. The molecule has 1 aliphatic carbocycles. The second-order valence-electron chi connectivity index (χ2n) is 6.59. The van der Waals surface area contributed by atoms with Crippen LogP contribution in [0.15, 0.2) is 53.3 Å². The normalized spacial score (nSPS) is 14.3. The van der Waals surface area contributed by atoms with Crippen LogP contribution in [-0.2, 0) is 9.53 Å². The molecule has 2 heterocycles. The van der Waals surface area contributed by atoms with E-state index in [9.17, 15) is 9.59 Å². The van der Waals surface area contributed by atoms with E-state index in [1.165, 1.54) is 0 Å². The molecule has 0 saturated heterocycles. The zero-order chi connectivity index (χ0) is 19.5. The van der Waals surface area contributed by atoms with Crippen LogP contribution < -0.4 is 5.32 Å². The molecule has 28 heavy (non-hydrogen) atoms. The van der Waals surface area contributed by atoms with Gasteiger partial charge < -0.3 is 14.6 Å². The number of anilines is 1. The SMILES string of the molecule is CC(OC(=O)c1ccc(NC(=O)C2CC2)cc1)c1nc(-c2cccnc2)no1. The molecule has 1 N–H and O–H groups in total. The number of benzene rings is 1. The molecule has 1 amide bonds. The van der Waals surface area contributed by atoms with Crippen LogP contribution in [0.4, 0.5) is 5.69 Å². The molecule has 1 saturated carbocycles. The quantitative estimate of drug-likeness (QED) is 0.655. The van der Waals surface area contributed by atoms with Crippen molar-refractivity contribution in [2.75, 3.05) is 5.32 Å². The number of carbonyl (C=O) groups is 2. The highest BCUT2D eigenvalue weighted by molar-refractivity contribution is 5.95.